The highest BCUT2D eigenvalue weighted by Crippen LogP contribution is 2.25. The molecule has 1 amide bonds. The molecule has 156 valence electrons. The third-order valence-corrected chi connectivity index (χ3v) is 5.79. The molecule has 0 bridgehead atoms. The topological polar surface area (TPSA) is 50.8 Å². The molecule has 5 nitrogen and oxygen atoms in total. The predicted octanol–water partition coefficient (Wildman–Crippen LogP) is 4.57. The van der Waals surface area contributed by atoms with Crippen LogP contribution in [0.3, 0.4) is 0 Å². The number of nitrogens with zero attached hydrogens (tertiary/aromatic N) is 1. The van der Waals surface area contributed by atoms with Gasteiger partial charge in [0, 0.05) is 11.0 Å². The van der Waals surface area contributed by atoms with E-state index in [4.69, 9.17) is 9.47 Å². The molecule has 0 aromatic heterocycles. The molecule has 0 saturated carbocycles. The van der Waals surface area contributed by atoms with Crippen LogP contribution in [0.2, 0.25) is 0 Å². The van der Waals surface area contributed by atoms with Crippen molar-refractivity contribution >= 4 is 21.8 Å². The summed E-state index contributed by atoms with van der Waals surface area (Å²) in [5.41, 5.74) is 1.20. The molecule has 0 aliphatic carbocycles. The van der Waals surface area contributed by atoms with E-state index in [1.165, 1.54) is 31.2 Å². The second-order valence-corrected chi connectivity index (χ2v) is 8.20. The minimum Gasteiger partial charge on any atom is -0.497 e. The smallest absolute Gasteiger partial charge is 0.258 e. The first kappa shape index (κ1) is 21.7. The zero-order valence-corrected chi connectivity index (χ0v) is 18.5. The van der Waals surface area contributed by atoms with Gasteiger partial charge in [-0.2, -0.15) is 0 Å². The summed E-state index contributed by atoms with van der Waals surface area (Å²) in [6.07, 6.45) is 4.96. The second-order valence-electron chi connectivity index (χ2n) is 7.29. The van der Waals surface area contributed by atoms with Crippen molar-refractivity contribution in [3.63, 3.8) is 0 Å². The van der Waals surface area contributed by atoms with Crippen LogP contribution in [0.1, 0.15) is 37.3 Å². The fourth-order valence-corrected chi connectivity index (χ4v) is 3.90. The van der Waals surface area contributed by atoms with E-state index in [2.05, 4.69) is 38.3 Å². The summed E-state index contributed by atoms with van der Waals surface area (Å²) in [7, 11) is 1.67. The van der Waals surface area contributed by atoms with Gasteiger partial charge in [0.05, 0.1) is 13.2 Å². The molecule has 3 rings (SSSR count). The van der Waals surface area contributed by atoms with Gasteiger partial charge < -0.3 is 14.8 Å². The highest BCUT2D eigenvalue weighted by molar-refractivity contribution is 9.10. The van der Waals surface area contributed by atoms with Crippen molar-refractivity contribution < 1.29 is 14.3 Å². The summed E-state index contributed by atoms with van der Waals surface area (Å²) < 4.78 is 11.9. The van der Waals surface area contributed by atoms with E-state index in [9.17, 15) is 4.79 Å². The van der Waals surface area contributed by atoms with E-state index in [-0.39, 0.29) is 18.6 Å². The van der Waals surface area contributed by atoms with E-state index in [0.717, 1.165) is 23.3 Å². The van der Waals surface area contributed by atoms with Crippen LogP contribution in [0, 0.1) is 0 Å². The molecular weight excluding hydrogens is 432 g/mol. The molecular formula is C23H29BrN2O3. The molecule has 1 N–H and O–H groups in total. The maximum Gasteiger partial charge on any atom is 0.258 e. The van der Waals surface area contributed by atoms with Gasteiger partial charge in [-0.15, -0.1) is 0 Å². The van der Waals surface area contributed by atoms with Crippen molar-refractivity contribution in [3.05, 3.63) is 58.6 Å². The number of amides is 1. The second kappa shape index (κ2) is 11.2. The zero-order valence-electron chi connectivity index (χ0n) is 16.9. The monoisotopic (exact) mass is 460 g/mol. The van der Waals surface area contributed by atoms with E-state index < -0.39 is 0 Å². The SMILES string of the molecule is COc1ccc([C@@H](CNC(=O)COc2ccc(Br)cc2)N2CCCCCC2)cc1. The van der Waals surface area contributed by atoms with Gasteiger partial charge in [-0.05, 0) is 67.9 Å². The van der Waals surface area contributed by atoms with Crippen LogP contribution in [0.5, 0.6) is 11.5 Å². The number of nitrogens with one attached hydrogen (secondary N) is 1. The van der Waals surface area contributed by atoms with Gasteiger partial charge in [0.15, 0.2) is 6.61 Å². The number of hydrogen-bond acceptors (Lipinski definition) is 4. The molecule has 1 saturated heterocycles. The summed E-state index contributed by atoms with van der Waals surface area (Å²) in [6.45, 7) is 2.69. The lowest BCUT2D eigenvalue weighted by Crippen LogP contribution is -2.40. The van der Waals surface area contributed by atoms with Crippen molar-refractivity contribution in [2.24, 2.45) is 0 Å². The molecule has 0 unspecified atom stereocenters. The van der Waals surface area contributed by atoms with E-state index in [1.54, 1.807) is 7.11 Å². The Kier molecular flexibility index (Phi) is 8.38. The molecule has 0 spiro atoms. The number of carbonyl (C=O) groups excluding carboxylic acids is 1. The highest BCUT2D eigenvalue weighted by atomic mass is 79.9. The van der Waals surface area contributed by atoms with Crippen LogP contribution in [-0.2, 0) is 4.79 Å². The van der Waals surface area contributed by atoms with Crippen molar-refractivity contribution in [1.29, 1.82) is 0 Å². The van der Waals surface area contributed by atoms with Gasteiger partial charge in [0.1, 0.15) is 11.5 Å². The Morgan fingerprint density at radius 3 is 2.24 bits per heavy atom. The summed E-state index contributed by atoms with van der Waals surface area (Å²) in [4.78, 5) is 14.9. The third-order valence-electron chi connectivity index (χ3n) is 5.26. The van der Waals surface area contributed by atoms with Gasteiger partial charge in [-0.25, -0.2) is 0 Å². The number of ether oxygens (including phenoxy) is 2. The Balaban J connectivity index is 1.60. The summed E-state index contributed by atoms with van der Waals surface area (Å²) in [5, 5.41) is 3.06. The molecule has 2 aromatic rings. The lowest BCUT2D eigenvalue weighted by molar-refractivity contribution is -0.123. The fraction of sp³-hybridized carbons (Fsp3) is 0.435. The largest absolute Gasteiger partial charge is 0.497 e. The number of carbonyl (C=O) groups is 1. The number of halogens is 1. The molecule has 1 aliphatic heterocycles. The third kappa shape index (κ3) is 6.75. The first-order valence-corrected chi connectivity index (χ1v) is 11.0. The summed E-state index contributed by atoms with van der Waals surface area (Å²) >= 11 is 3.39. The first-order chi connectivity index (χ1) is 14.2. The van der Waals surface area contributed by atoms with Gasteiger partial charge >= 0.3 is 0 Å². The van der Waals surface area contributed by atoms with Crippen LogP contribution < -0.4 is 14.8 Å². The number of rotatable bonds is 8. The van der Waals surface area contributed by atoms with Crippen LogP contribution in [-0.4, -0.2) is 44.2 Å². The maximum absolute atomic E-state index is 12.4. The Hall–Kier alpha value is -2.05. The van der Waals surface area contributed by atoms with Gasteiger partial charge in [0.2, 0.25) is 0 Å². The van der Waals surface area contributed by atoms with Gasteiger partial charge in [-0.3, -0.25) is 9.69 Å². The lowest BCUT2D eigenvalue weighted by Gasteiger charge is -2.31. The molecule has 6 heteroatoms. The first-order valence-electron chi connectivity index (χ1n) is 10.2. The normalized spacial score (nSPS) is 15.9. The van der Waals surface area contributed by atoms with Crippen molar-refractivity contribution in [3.8, 4) is 11.5 Å². The van der Waals surface area contributed by atoms with E-state index in [0.29, 0.717) is 12.3 Å². The van der Waals surface area contributed by atoms with Crippen LogP contribution in [0.25, 0.3) is 0 Å². The molecule has 1 heterocycles. The molecule has 1 atom stereocenters. The standard InChI is InChI=1S/C23H29BrN2O3/c1-28-20-10-6-18(7-11-20)22(26-14-4-2-3-5-15-26)16-25-23(27)17-29-21-12-8-19(24)9-13-21/h6-13,22H,2-5,14-17H2,1H3,(H,25,27)/t22-/m1/s1. The molecule has 2 aromatic carbocycles. The zero-order chi connectivity index (χ0) is 20.5. The van der Waals surface area contributed by atoms with Crippen LogP contribution in [0.4, 0.5) is 0 Å². The summed E-state index contributed by atoms with van der Waals surface area (Å²) in [6, 6.07) is 15.8. The van der Waals surface area contributed by atoms with E-state index >= 15 is 0 Å². The maximum atomic E-state index is 12.4. The molecule has 1 aliphatic rings. The fourth-order valence-electron chi connectivity index (χ4n) is 3.63. The average molecular weight is 461 g/mol. The summed E-state index contributed by atoms with van der Waals surface area (Å²) in [5.74, 6) is 1.42. The number of benzene rings is 2. The van der Waals surface area contributed by atoms with Crippen molar-refractivity contribution in [2.75, 3.05) is 33.4 Å². The van der Waals surface area contributed by atoms with Crippen molar-refractivity contribution in [1.82, 2.24) is 10.2 Å². The number of hydrogen-bond donors (Lipinski definition) is 1. The Labute approximate surface area is 181 Å². The lowest BCUT2D eigenvalue weighted by atomic mass is 10.0. The van der Waals surface area contributed by atoms with Crippen LogP contribution >= 0.6 is 15.9 Å². The highest BCUT2D eigenvalue weighted by Gasteiger charge is 2.22. The molecule has 1 fully saturated rings. The minimum atomic E-state index is -0.110. The number of likely N-dealkylation sites (tertiary alicyclic amines) is 1. The van der Waals surface area contributed by atoms with Crippen molar-refractivity contribution in [2.45, 2.75) is 31.7 Å². The van der Waals surface area contributed by atoms with E-state index in [1.807, 2.05) is 36.4 Å². The molecule has 0 radical (unpaired) electrons. The predicted molar refractivity (Wildman–Crippen MR) is 118 cm³/mol. The number of methoxy groups -OCH3 is 1. The Bertz CT molecular complexity index is 757. The Morgan fingerprint density at radius 2 is 1.62 bits per heavy atom. The minimum absolute atomic E-state index is 0.0109. The van der Waals surface area contributed by atoms with Gasteiger partial charge in [-0.1, -0.05) is 40.9 Å². The average Bonchev–Trinajstić information content (AvgIpc) is 3.03. The van der Waals surface area contributed by atoms with Crippen LogP contribution in [0.15, 0.2) is 53.0 Å². The Morgan fingerprint density at radius 1 is 1.00 bits per heavy atom. The van der Waals surface area contributed by atoms with Gasteiger partial charge in [0.25, 0.3) is 5.91 Å². The quantitative estimate of drug-likeness (QED) is 0.626. The molecule has 29 heavy (non-hydrogen) atoms.